The number of carbonyl (C=O) groups is 2. The zero-order valence-electron chi connectivity index (χ0n) is 18.0. The number of piperidine rings is 1. The number of nitrogens with one attached hydrogen (secondary N) is 1. The van der Waals surface area contributed by atoms with Crippen LogP contribution in [-0.2, 0) is 30.8 Å². The summed E-state index contributed by atoms with van der Waals surface area (Å²) in [5.74, 6) is 0.182. The molecule has 0 aliphatic carbocycles. The van der Waals surface area contributed by atoms with E-state index in [2.05, 4.69) is 5.32 Å². The van der Waals surface area contributed by atoms with E-state index in [1.165, 1.54) is 11.2 Å². The van der Waals surface area contributed by atoms with Crippen LogP contribution in [0.4, 0.5) is 5.69 Å². The molecule has 4 rings (SSSR count). The minimum atomic E-state index is -3.58. The molecule has 2 amide bonds. The molecule has 3 aliphatic rings. The van der Waals surface area contributed by atoms with Crippen molar-refractivity contribution < 1.29 is 22.7 Å². The molecule has 1 atom stereocenters. The Bertz CT molecular complexity index is 934. The predicted molar refractivity (Wildman–Crippen MR) is 116 cm³/mol. The number of hydrogen-bond acceptors (Lipinski definition) is 5. The fourth-order valence-electron chi connectivity index (χ4n) is 4.74. The van der Waals surface area contributed by atoms with Gasteiger partial charge in [-0.2, -0.15) is 4.31 Å². The molecule has 0 radical (unpaired) electrons. The third-order valence-corrected chi connectivity index (χ3v) is 8.46. The molecular weight excluding hydrogens is 418 g/mol. The number of nitrogens with zero attached hydrogens (tertiary/aromatic N) is 2. The third-order valence-electron chi connectivity index (χ3n) is 6.56. The smallest absolute Gasteiger partial charge is 0.243 e. The van der Waals surface area contributed by atoms with Gasteiger partial charge in [0.1, 0.15) is 0 Å². The van der Waals surface area contributed by atoms with Gasteiger partial charge >= 0.3 is 0 Å². The number of hydrogen-bond donors (Lipinski definition) is 1. The molecule has 0 bridgehead atoms. The first-order valence-electron chi connectivity index (χ1n) is 11.1. The molecule has 3 heterocycles. The van der Waals surface area contributed by atoms with Crippen LogP contribution in [0.2, 0.25) is 0 Å². The molecule has 0 aromatic heterocycles. The molecule has 0 spiro atoms. The lowest BCUT2D eigenvalue weighted by atomic mass is 9.94. The quantitative estimate of drug-likeness (QED) is 0.713. The van der Waals surface area contributed by atoms with E-state index < -0.39 is 10.0 Å². The number of amides is 2. The van der Waals surface area contributed by atoms with Crippen LogP contribution in [0.3, 0.4) is 0 Å². The van der Waals surface area contributed by atoms with E-state index >= 15 is 0 Å². The van der Waals surface area contributed by atoms with Gasteiger partial charge in [0.25, 0.3) is 0 Å². The fourth-order valence-corrected chi connectivity index (χ4v) is 6.26. The van der Waals surface area contributed by atoms with E-state index in [0.717, 1.165) is 30.7 Å². The summed E-state index contributed by atoms with van der Waals surface area (Å²) in [6.07, 6.45) is 4.62. The van der Waals surface area contributed by atoms with Gasteiger partial charge in [-0.1, -0.05) is 0 Å². The molecule has 8 nitrogen and oxygen atoms in total. The molecule has 2 fully saturated rings. The summed E-state index contributed by atoms with van der Waals surface area (Å²) >= 11 is 0. The van der Waals surface area contributed by atoms with Crippen LogP contribution in [0.15, 0.2) is 23.1 Å². The third kappa shape index (κ3) is 4.94. The van der Waals surface area contributed by atoms with Crippen LogP contribution >= 0.6 is 0 Å². The highest BCUT2D eigenvalue weighted by Crippen LogP contribution is 2.32. The standard InChI is InChI=1S/C22H31N3O5S/c1-16(26)25-11-8-18-14-20(4-5-21(18)25)31(28,29)24-9-6-17(7-10-24)13-22(27)23-15-19-3-2-12-30-19/h4-5,14,17,19H,2-3,6-13,15H2,1H3,(H,23,27)/t19-/m1/s1. The van der Waals surface area contributed by atoms with Crippen molar-refractivity contribution in [3.63, 3.8) is 0 Å². The molecule has 31 heavy (non-hydrogen) atoms. The topological polar surface area (TPSA) is 96.0 Å². The molecule has 1 aromatic rings. The summed E-state index contributed by atoms with van der Waals surface area (Å²) in [6.45, 7) is 4.28. The van der Waals surface area contributed by atoms with E-state index in [1.807, 2.05) is 0 Å². The van der Waals surface area contributed by atoms with E-state index in [9.17, 15) is 18.0 Å². The molecule has 2 saturated heterocycles. The van der Waals surface area contributed by atoms with Gasteiger partial charge in [0, 0.05) is 51.8 Å². The number of ether oxygens (including phenoxy) is 1. The van der Waals surface area contributed by atoms with Crippen LogP contribution in [-0.4, -0.2) is 63.4 Å². The Hall–Kier alpha value is -1.97. The Kier molecular flexibility index (Phi) is 6.64. The molecular formula is C22H31N3O5S. The molecule has 1 N–H and O–H groups in total. The zero-order valence-corrected chi connectivity index (χ0v) is 18.8. The van der Waals surface area contributed by atoms with Crippen LogP contribution in [0, 0.1) is 5.92 Å². The summed E-state index contributed by atoms with van der Waals surface area (Å²) in [4.78, 5) is 25.9. The number of benzene rings is 1. The minimum absolute atomic E-state index is 0.0189. The molecule has 9 heteroatoms. The molecule has 1 aromatic carbocycles. The maximum Gasteiger partial charge on any atom is 0.243 e. The van der Waals surface area contributed by atoms with Crippen molar-refractivity contribution >= 4 is 27.5 Å². The first-order chi connectivity index (χ1) is 14.8. The highest BCUT2D eigenvalue weighted by Gasteiger charge is 2.32. The van der Waals surface area contributed by atoms with Crippen molar-refractivity contribution in [1.29, 1.82) is 0 Å². The van der Waals surface area contributed by atoms with Gasteiger partial charge < -0.3 is 15.0 Å². The summed E-state index contributed by atoms with van der Waals surface area (Å²) in [5.41, 5.74) is 1.70. The highest BCUT2D eigenvalue weighted by atomic mass is 32.2. The lowest BCUT2D eigenvalue weighted by molar-refractivity contribution is -0.122. The fraction of sp³-hybridized carbons (Fsp3) is 0.636. The van der Waals surface area contributed by atoms with Gasteiger partial charge in [-0.15, -0.1) is 0 Å². The summed E-state index contributed by atoms with van der Waals surface area (Å²) in [7, 11) is -3.58. The second kappa shape index (κ2) is 9.26. The van der Waals surface area contributed by atoms with Gasteiger partial charge in [0.05, 0.1) is 11.0 Å². The summed E-state index contributed by atoms with van der Waals surface area (Å²) in [6, 6.07) is 5.04. The van der Waals surface area contributed by atoms with E-state index in [1.54, 1.807) is 23.1 Å². The van der Waals surface area contributed by atoms with E-state index in [4.69, 9.17) is 4.74 Å². The molecule has 0 unspecified atom stereocenters. The largest absolute Gasteiger partial charge is 0.376 e. The first-order valence-corrected chi connectivity index (χ1v) is 12.6. The lowest BCUT2D eigenvalue weighted by Crippen LogP contribution is -2.40. The second-order valence-electron chi connectivity index (χ2n) is 8.70. The Morgan fingerprint density at radius 1 is 1.16 bits per heavy atom. The van der Waals surface area contributed by atoms with Crippen molar-refractivity contribution in [2.75, 3.05) is 37.7 Å². The van der Waals surface area contributed by atoms with Gasteiger partial charge in [-0.3, -0.25) is 9.59 Å². The average molecular weight is 450 g/mol. The SMILES string of the molecule is CC(=O)N1CCc2cc(S(=O)(=O)N3CCC(CC(=O)NC[C@H]4CCCO4)CC3)ccc21. The number of carbonyl (C=O) groups excluding carboxylic acids is 2. The van der Waals surface area contributed by atoms with Crippen molar-refractivity contribution in [2.45, 2.75) is 56.4 Å². The Balaban J connectivity index is 1.31. The summed E-state index contributed by atoms with van der Waals surface area (Å²) < 4.78 is 33.3. The number of rotatable bonds is 6. The number of fused-ring (bicyclic) bond motifs is 1. The highest BCUT2D eigenvalue weighted by molar-refractivity contribution is 7.89. The summed E-state index contributed by atoms with van der Waals surface area (Å²) in [5, 5.41) is 2.95. The normalized spacial score (nSPS) is 22.5. The monoisotopic (exact) mass is 449 g/mol. The van der Waals surface area contributed by atoms with Crippen LogP contribution in [0.1, 0.15) is 44.6 Å². The lowest BCUT2D eigenvalue weighted by Gasteiger charge is -2.31. The van der Waals surface area contributed by atoms with Crippen molar-refractivity contribution in [2.24, 2.45) is 5.92 Å². The zero-order chi connectivity index (χ0) is 22.0. The maximum absolute atomic E-state index is 13.1. The van der Waals surface area contributed by atoms with Gasteiger partial charge in [0.15, 0.2) is 0 Å². The van der Waals surface area contributed by atoms with E-state index in [0.29, 0.717) is 51.9 Å². The molecule has 170 valence electrons. The minimum Gasteiger partial charge on any atom is -0.376 e. The van der Waals surface area contributed by atoms with Crippen molar-refractivity contribution in [3.05, 3.63) is 23.8 Å². The van der Waals surface area contributed by atoms with Gasteiger partial charge in [0.2, 0.25) is 21.8 Å². The number of anilines is 1. The van der Waals surface area contributed by atoms with Crippen LogP contribution in [0.5, 0.6) is 0 Å². The second-order valence-corrected chi connectivity index (χ2v) is 10.6. The Morgan fingerprint density at radius 3 is 2.61 bits per heavy atom. The van der Waals surface area contributed by atoms with Crippen molar-refractivity contribution in [3.8, 4) is 0 Å². The Labute approximate surface area is 184 Å². The van der Waals surface area contributed by atoms with Crippen molar-refractivity contribution in [1.82, 2.24) is 9.62 Å². The molecule has 3 aliphatic heterocycles. The number of sulfonamides is 1. The predicted octanol–water partition coefficient (Wildman–Crippen LogP) is 1.68. The average Bonchev–Trinajstić information content (AvgIpc) is 3.42. The van der Waals surface area contributed by atoms with Gasteiger partial charge in [-0.25, -0.2) is 8.42 Å². The van der Waals surface area contributed by atoms with Crippen LogP contribution in [0.25, 0.3) is 0 Å². The van der Waals surface area contributed by atoms with Crippen LogP contribution < -0.4 is 10.2 Å². The van der Waals surface area contributed by atoms with E-state index in [-0.39, 0.29) is 28.7 Å². The molecule has 0 saturated carbocycles. The maximum atomic E-state index is 13.1. The Morgan fingerprint density at radius 2 is 1.94 bits per heavy atom. The first kappa shape index (κ1) is 22.2. The van der Waals surface area contributed by atoms with Gasteiger partial charge in [-0.05, 0) is 61.8 Å².